The molecule has 2 saturated heterocycles. The van der Waals surface area contributed by atoms with E-state index in [4.69, 9.17) is 4.74 Å². The van der Waals surface area contributed by atoms with E-state index in [2.05, 4.69) is 9.80 Å². The van der Waals surface area contributed by atoms with Crippen molar-refractivity contribution in [2.45, 2.75) is 31.1 Å². The quantitative estimate of drug-likeness (QED) is 0.613. The summed E-state index contributed by atoms with van der Waals surface area (Å²) in [5.41, 5.74) is 0.883. The number of rotatable bonds is 4. The summed E-state index contributed by atoms with van der Waals surface area (Å²) in [7, 11) is 1.43. The molecule has 0 aliphatic carbocycles. The van der Waals surface area contributed by atoms with Gasteiger partial charge in [-0.25, -0.2) is 0 Å². The molecule has 1 aromatic rings. The minimum Gasteiger partial charge on any atom is -0.490 e. The molecule has 0 bridgehead atoms. The van der Waals surface area contributed by atoms with Crippen molar-refractivity contribution in [2.75, 3.05) is 38.2 Å². The summed E-state index contributed by atoms with van der Waals surface area (Å²) in [5, 5.41) is 30.3. The van der Waals surface area contributed by atoms with Crippen LogP contribution in [0.5, 0.6) is 5.75 Å². The number of likely N-dealkylation sites (tertiary alicyclic amines) is 1. The molecule has 2 heterocycles. The number of benzene rings is 1. The molecule has 0 aromatic heterocycles. The predicted molar refractivity (Wildman–Crippen MR) is 88.5 cm³/mol. The van der Waals surface area contributed by atoms with Crippen molar-refractivity contribution < 1.29 is 19.9 Å². The van der Waals surface area contributed by atoms with Gasteiger partial charge in [0, 0.05) is 50.0 Å². The molecule has 24 heavy (non-hydrogen) atoms. The SMILES string of the molecule is COc1cc(N2CCC(N3C[C@@H](O)[C@H](O)C3)CC2)ccc1[N+](=O)[O-]. The lowest BCUT2D eigenvalue weighted by atomic mass is 10.0. The van der Waals surface area contributed by atoms with Crippen molar-refractivity contribution in [1.82, 2.24) is 4.90 Å². The van der Waals surface area contributed by atoms with Gasteiger partial charge in [-0.2, -0.15) is 0 Å². The predicted octanol–water partition coefficient (Wildman–Crippen LogP) is 0.610. The Bertz CT molecular complexity index is 593. The first-order valence-corrected chi connectivity index (χ1v) is 8.17. The van der Waals surface area contributed by atoms with E-state index >= 15 is 0 Å². The Hall–Kier alpha value is -1.90. The Morgan fingerprint density at radius 2 is 1.83 bits per heavy atom. The van der Waals surface area contributed by atoms with Gasteiger partial charge < -0.3 is 19.8 Å². The number of nitrogens with zero attached hydrogens (tertiary/aromatic N) is 3. The molecule has 2 N–H and O–H groups in total. The molecule has 8 heteroatoms. The number of ether oxygens (including phenoxy) is 1. The second-order valence-corrected chi connectivity index (χ2v) is 6.42. The van der Waals surface area contributed by atoms with E-state index < -0.39 is 17.1 Å². The highest BCUT2D eigenvalue weighted by molar-refractivity contribution is 5.59. The summed E-state index contributed by atoms with van der Waals surface area (Å²) in [4.78, 5) is 14.9. The summed E-state index contributed by atoms with van der Waals surface area (Å²) in [6.07, 6.45) is 0.557. The van der Waals surface area contributed by atoms with E-state index in [0.29, 0.717) is 19.1 Å². The zero-order valence-electron chi connectivity index (χ0n) is 13.7. The molecule has 0 amide bonds. The van der Waals surface area contributed by atoms with Gasteiger partial charge in [0.1, 0.15) is 0 Å². The zero-order chi connectivity index (χ0) is 17.3. The number of nitro groups is 1. The first-order chi connectivity index (χ1) is 11.5. The fourth-order valence-corrected chi connectivity index (χ4v) is 3.60. The molecule has 0 radical (unpaired) electrons. The summed E-state index contributed by atoms with van der Waals surface area (Å²) >= 11 is 0. The topological polar surface area (TPSA) is 99.3 Å². The maximum Gasteiger partial charge on any atom is 0.311 e. The van der Waals surface area contributed by atoms with Crippen LogP contribution in [0.4, 0.5) is 11.4 Å². The number of methoxy groups -OCH3 is 1. The van der Waals surface area contributed by atoms with Gasteiger partial charge in [-0.3, -0.25) is 15.0 Å². The van der Waals surface area contributed by atoms with Crippen molar-refractivity contribution in [1.29, 1.82) is 0 Å². The second kappa shape index (κ2) is 6.92. The van der Waals surface area contributed by atoms with Crippen molar-refractivity contribution >= 4 is 11.4 Å². The monoisotopic (exact) mass is 337 g/mol. The number of hydrogen-bond acceptors (Lipinski definition) is 7. The van der Waals surface area contributed by atoms with Crippen LogP contribution >= 0.6 is 0 Å². The van der Waals surface area contributed by atoms with Crippen LogP contribution in [-0.2, 0) is 0 Å². The summed E-state index contributed by atoms with van der Waals surface area (Å²) in [5.74, 6) is 0.269. The smallest absolute Gasteiger partial charge is 0.311 e. The van der Waals surface area contributed by atoms with Gasteiger partial charge in [-0.15, -0.1) is 0 Å². The van der Waals surface area contributed by atoms with Crippen LogP contribution in [0.15, 0.2) is 18.2 Å². The molecule has 3 rings (SSSR count). The van der Waals surface area contributed by atoms with Crippen molar-refractivity contribution in [3.05, 3.63) is 28.3 Å². The number of hydrogen-bond donors (Lipinski definition) is 2. The third kappa shape index (κ3) is 3.31. The van der Waals surface area contributed by atoms with Crippen LogP contribution in [0, 0.1) is 10.1 Å². The van der Waals surface area contributed by atoms with Crippen LogP contribution in [0.25, 0.3) is 0 Å². The third-order valence-electron chi connectivity index (χ3n) is 4.99. The lowest BCUT2D eigenvalue weighted by Gasteiger charge is -2.37. The molecule has 8 nitrogen and oxygen atoms in total. The number of β-amino-alcohol motifs (C(OH)–C–C–N with tert-alkyl or cyclic N) is 2. The van der Waals surface area contributed by atoms with Crippen LogP contribution in [-0.4, -0.2) is 71.6 Å². The summed E-state index contributed by atoms with van der Waals surface area (Å²) in [6, 6.07) is 5.30. The normalized spacial score (nSPS) is 25.9. The molecule has 0 unspecified atom stereocenters. The summed E-state index contributed by atoms with van der Waals surface area (Å²) < 4.78 is 5.13. The Morgan fingerprint density at radius 1 is 1.21 bits per heavy atom. The second-order valence-electron chi connectivity index (χ2n) is 6.42. The van der Waals surface area contributed by atoms with E-state index in [1.165, 1.54) is 13.2 Å². The van der Waals surface area contributed by atoms with Crippen LogP contribution < -0.4 is 9.64 Å². The van der Waals surface area contributed by atoms with Crippen LogP contribution in [0.3, 0.4) is 0 Å². The highest BCUT2D eigenvalue weighted by Gasteiger charge is 2.35. The van der Waals surface area contributed by atoms with Crippen molar-refractivity contribution in [3.8, 4) is 5.75 Å². The fraction of sp³-hybridized carbons (Fsp3) is 0.625. The average molecular weight is 337 g/mol. The van der Waals surface area contributed by atoms with Gasteiger partial charge in [0.2, 0.25) is 0 Å². The Kier molecular flexibility index (Phi) is 4.88. The maximum atomic E-state index is 11.0. The Balaban J connectivity index is 1.63. The van der Waals surface area contributed by atoms with Gasteiger partial charge >= 0.3 is 5.69 Å². The van der Waals surface area contributed by atoms with Crippen molar-refractivity contribution in [3.63, 3.8) is 0 Å². The number of anilines is 1. The molecule has 132 valence electrons. The van der Waals surface area contributed by atoms with E-state index in [1.807, 2.05) is 0 Å². The van der Waals surface area contributed by atoms with E-state index in [9.17, 15) is 20.3 Å². The minimum absolute atomic E-state index is 0.0313. The molecule has 2 atom stereocenters. The van der Waals surface area contributed by atoms with E-state index in [1.54, 1.807) is 12.1 Å². The van der Waals surface area contributed by atoms with Crippen LogP contribution in [0.2, 0.25) is 0 Å². The van der Waals surface area contributed by atoms with Crippen molar-refractivity contribution in [2.24, 2.45) is 0 Å². The molecule has 1 aromatic carbocycles. The van der Waals surface area contributed by atoms with E-state index in [0.717, 1.165) is 31.6 Å². The van der Waals surface area contributed by atoms with Gasteiger partial charge in [0.15, 0.2) is 5.75 Å². The number of aliphatic hydroxyl groups excluding tert-OH is 2. The van der Waals surface area contributed by atoms with E-state index in [-0.39, 0.29) is 11.4 Å². The molecule has 2 aliphatic heterocycles. The fourth-order valence-electron chi connectivity index (χ4n) is 3.60. The highest BCUT2D eigenvalue weighted by Crippen LogP contribution is 2.33. The largest absolute Gasteiger partial charge is 0.490 e. The number of aliphatic hydroxyl groups is 2. The highest BCUT2D eigenvalue weighted by atomic mass is 16.6. The van der Waals surface area contributed by atoms with Crippen LogP contribution in [0.1, 0.15) is 12.8 Å². The van der Waals surface area contributed by atoms with Gasteiger partial charge in [0.05, 0.1) is 24.2 Å². The maximum absolute atomic E-state index is 11.0. The molecule has 0 spiro atoms. The number of nitro benzene ring substituents is 1. The standard InChI is InChI=1S/C16H23N3O5/c1-24-16-8-12(2-3-13(16)19(22)23)17-6-4-11(5-7-17)18-9-14(20)15(21)10-18/h2-3,8,11,14-15,20-21H,4-7,9-10H2,1H3/t14-,15-/m1/s1. The minimum atomic E-state index is -0.651. The van der Waals surface area contributed by atoms with Gasteiger partial charge in [-0.05, 0) is 18.9 Å². The zero-order valence-corrected chi connectivity index (χ0v) is 13.7. The Morgan fingerprint density at radius 3 is 2.38 bits per heavy atom. The van der Waals surface area contributed by atoms with Gasteiger partial charge in [-0.1, -0.05) is 0 Å². The molecular weight excluding hydrogens is 314 g/mol. The third-order valence-corrected chi connectivity index (χ3v) is 4.99. The summed E-state index contributed by atoms with van der Waals surface area (Å²) in [6.45, 7) is 2.71. The first kappa shape index (κ1) is 16.9. The number of piperidine rings is 1. The Labute approximate surface area is 140 Å². The van der Waals surface area contributed by atoms with Gasteiger partial charge in [0.25, 0.3) is 0 Å². The molecule has 0 saturated carbocycles. The lowest BCUT2D eigenvalue weighted by Crippen LogP contribution is -2.44. The first-order valence-electron chi connectivity index (χ1n) is 8.17. The molecule has 2 aliphatic rings. The molecular formula is C16H23N3O5. The lowest BCUT2D eigenvalue weighted by molar-refractivity contribution is -0.385. The average Bonchev–Trinajstić information content (AvgIpc) is 2.93. The molecule has 2 fully saturated rings.